The van der Waals surface area contributed by atoms with Crippen LogP contribution in [0, 0.1) is 0 Å². The molecule has 33 heavy (non-hydrogen) atoms. The Bertz CT molecular complexity index is 1100. The fourth-order valence-corrected chi connectivity index (χ4v) is 5.00. The van der Waals surface area contributed by atoms with E-state index in [2.05, 4.69) is 51.0 Å². The van der Waals surface area contributed by atoms with Gasteiger partial charge in [-0.1, -0.05) is 37.7 Å². The van der Waals surface area contributed by atoms with Gasteiger partial charge >= 0.3 is 0 Å². The van der Waals surface area contributed by atoms with Crippen molar-refractivity contribution in [2.75, 3.05) is 49.1 Å². The lowest BCUT2D eigenvalue weighted by molar-refractivity contribution is 0.416. The summed E-state index contributed by atoms with van der Waals surface area (Å²) >= 11 is 6.41. The van der Waals surface area contributed by atoms with Gasteiger partial charge in [-0.3, -0.25) is 0 Å². The van der Waals surface area contributed by atoms with Gasteiger partial charge in [0.05, 0.1) is 19.0 Å². The number of anilines is 5. The normalized spacial score (nSPS) is 14.4. The van der Waals surface area contributed by atoms with Crippen molar-refractivity contribution in [2.24, 2.45) is 5.73 Å². The fraction of sp³-hybridized carbons (Fsp3) is 0.333. The topological polar surface area (TPSA) is 88.3 Å². The Balaban J connectivity index is 1.55. The lowest BCUT2D eigenvalue weighted by atomic mass is 10.1. The lowest BCUT2D eigenvalue weighted by Crippen LogP contribution is -2.39. The number of nitrogens with one attached hydrogen (secondary N) is 2. The van der Waals surface area contributed by atoms with Crippen LogP contribution < -0.4 is 31.3 Å². The number of hydrogen-bond acceptors (Lipinski definition) is 7. The van der Waals surface area contributed by atoms with Gasteiger partial charge in [0, 0.05) is 36.6 Å². The molecule has 0 radical (unpaired) electrons. The van der Waals surface area contributed by atoms with E-state index in [1.54, 1.807) is 13.3 Å². The Morgan fingerprint density at radius 1 is 1.09 bits per heavy atom. The van der Waals surface area contributed by atoms with Crippen LogP contribution >= 0.6 is 19.5 Å². The van der Waals surface area contributed by atoms with Crippen LogP contribution in [-0.2, 0) is 0 Å². The second-order valence-electron chi connectivity index (χ2n) is 8.26. The molecule has 0 aliphatic carbocycles. The van der Waals surface area contributed by atoms with Crippen molar-refractivity contribution in [3.63, 3.8) is 0 Å². The lowest BCUT2D eigenvalue weighted by Gasteiger charge is -2.32. The third-order valence-corrected chi connectivity index (χ3v) is 7.35. The van der Waals surface area contributed by atoms with E-state index in [0.717, 1.165) is 48.7 Å². The minimum atomic E-state index is -0.280. The number of para-hydroxylation sites is 1. The average Bonchev–Trinajstić information content (AvgIpc) is 2.82. The number of rotatable bonds is 7. The van der Waals surface area contributed by atoms with Crippen LogP contribution in [0.25, 0.3) is 0 Å². The van der Waals surface area contributed by atoms with E-state index < -0.39 is 0 Å². The van der Waals surface area contributed by atoms with E-state index in [0.29, 0.717) is 22.8 Å². The van der Waals surface area contributed by atoms with Gasteiger partial charge in [0.15, 0.2) is 5.82 Å². The molecule has 7 nitrogen and oxygen atoms in total. The highest BCUT2D eigenvalue weighted by atomic mass is 35.5. The predicted molar refractivity (Wildman–Crippen MR) is 141 cm³/mol. The summed E-state index contributed by atoms with van der Waals surface area (Å²) in [5.74, 6) is 1.71. The van der Waals surface area contributed by atoms with E-state index in [1.807, 2.05) is 30.3 Å². The minimum Gasteiger partial charge on any atom is -0.494 e. The number of nitrogens with zero attached hydrogens (tertiary/aromatic N) is 3. The number of benzene rings is 2. The van der Waals surface area contributed by atoms with Crippen LogP contribution in [0.15, 0.2) is 48.7 Å². The maximum atomic E-state index is 6.41. The smallest absolute Gasteiger partial charge is 0.229 e. The molecule has 0 unspecified atom stereocenters. The standard InChI is InChI=1S/C24H30ClN6OP/c1-32-21-14-17(31-12-10-16(26)11-13-31)8-9-19(21)29-24-27-15-18(25)23(30-24)28-20-6-4-5-7-22(20)33(2)3/h4-9,14-16H,10-13,26H2,1-3H3,(H2,27,28,29,30). The van der Waals surface area contributed by atoms with Gasteiger partial charge in [0.2, 0.25) is 5.95 Å². The molecule has 3 aromatic rings. The number of methoxy groups -OCH3 is 1. The summed E-state index contributed by atoms with van der Waals surface area (Å²) in [6, 6.07) is 14.6. The van der Waals surface area contributed by atoms with Gasteiger partial charge in [-0.2, -0.15) is 4.98 Å². The Hall–Kier alpha value is -2.60. The van der Waals surface area contributed by atoms with Gasteiger partial charge in [-0.15, -0.1) is 0 Å². The highest BCUT2D eigenvalue weighted by Gasteiger charge is 2.18. The molecule has 9 heteroatoms. The summed E-state index contributed by atoms with van der Waals surface area (Å²) in [4.78, 5) is 11.3. The van der Waals surface area contributed by atoms with E-state index in [9.17, 15) is 0 Å². The third kappa shape index (κ3) is 5.67. The van der Waals surface area contributed by atoms with Crippen LogP contribution in [0.5, 0.6) is 5.75 Å². The molecule has 0 spiro atoms. The van der Waals surface area contributed by atoms with Crippen molar-refractivity contribution in [3.8, 4) is 5.75 Å². The van der Waals surface area contributed by atoms with Crippen molar-refractivity contribution >= 4 is 53.7 Å². The molecule has 4 rings (SSSR count). The molecule has 1 fully saturated rings. The SMILES string of the molecule is COc1cc(N2CCC(N)CC2)ccc1Nc1ncc(Cl)c(Nc2ccccc2P(C)C)n1. The number of halogens is 1. The Labute approximate surface area is 201 Å². The number of ether oxygens (including phenoxy) is 1. The molecule has 2 aromatic carbocycles. The number of aromatic nitrogens is 2. The molecule has 174 valence electrons. The summed E-state index contributed by atoms with van der Waals surface area (Å²) < 4.78 is 5.65. The molecule has 1 aromatic heterocycles. The number of hydrogen-bond donors (Lipinski definition) is 3. The summed E-state index contributed by atoms with van der Waals surface area (Å²) in [5.41, 5.74) is 8.96. The Morgan fingerprint density at radius 3 is 2.58 bits per heavy atom. The summed E-state index contributed by atoms with van der Waals surface area (Å²) in [5, 5.41) is 8.36. The molecule has 4 N–H and O–H groups in total. The second kappa shape index (κ2) is 10.6. The zero-order valence-corrected chi connectivity index (χ0v) is 20.8. The maximum absolute atomic E-state index is 6.41. The van der Waals surface area contributed by atoms with Gasteiger partial charge in [0.1, 0.15) is 10.8 Å². The maximum Gasteiger partial charge on any atom is 0.229 e. The Kier molecular flexibility index (Phi) is 7.53. The van der Waals surface area contributed by atoms with Crippen LogP contribution in [-0.4, -0.2) is 49.5 Å². The minimum absolute atomic E-state index is 0.280. The van der Waals surface area contributed by atoms with Crippen molar-refractivity contribution in [2.45, 2.75) is 18.9 Å². The molecule has 0 saturated carbocycles. The fourth-order valence-electron chi connectivity index (χ4n) is 3.87. The Morgan fingerprint density at radius 2 is 1.85 bits per heavy atom. The molecular formula is C24H30ClN6OP. The molecule has 1 aliphatic heterocycles. The predicted octanol–water partition coefficient (Wildman–Crippen LogP) is 4.92. The van der Waals surface area contributed by atoms with E-state index in [4.69, 9.17) is 22.1 Å². The highest BCUT2D eigenvalue weighted by Crippen LogP contribution is 2.34. The zero-order chi connectivity index (χ0) is 23.4. The largest absolute Gasteiger partial charge is 0.494 e. The first-order valence-corrected chi connectivity index (χ1v) is 13.6. The van der Waals surface area contributed by atoms with Crippen molar-refractivity contribution < 1.29 is 4.74 Å². The highest BCUT2D eigenvalue weighted by molar-refractivity contribution is 7.64. The van der Waals surface area contributed by atoms with Crippen molar-refractivity contribution in [1.82, 2.24) is 9.97 Å². The van der Waals surface area contributed by atoms with Crippen LogP contribution in [0.3, 0.4) is 0 Å². The van der Waals surface area contributed by atoms with Crippen LogP contribution in [0.1, 0.15) is 12.8 Å². The third-order valence-electron chi connectivity index (χ3n) is 5.72. The van der Waals surface area contributed by atoms with Crippen molar-refractivity contribution in [1.29, 1.82) is 0 Å². The first-order chi connectivity index (χ1) is 15.9. The quantitative estimate of drug-likeness (QED) is 0.410. The number of piperidine rings is 1. The summed E-state index contributed by atoms with van der Waals surface area (Å²) in [6.45, 7) is 6.34. The zero-order valence-electron chi connectivity index (χ0n) is 19.2. The number of nitrogens with two attached hydrogens (primary N) is 1. The first kappa shape index (κ1) is 23.6. The van der Waals surface area contributed by atoms with Crippen LogP contribution in [0.2, 0.25) is 5.02 Å². The molecule has 0 amide bonds. The molecule has 0 atom stereocenters. The summed E-state index contributed by atoms with van der Waals surface area (Å²) in [6.07, 6.45) is 3.59. The van der Waals surface area contributed by atoms with Gasteiger partial charge < -0.3 is 26.0 Å². The molecular weight excluding hydrogens is 455 g/mol. The molecule has 2 heterocycles. The van der Waals surface area contributed by atoms with E-state index >= 15 is 0 Å². The molecule has 0 bridgehead atoms. The average molecular weight is 485 g/mol. The van der Waals surface area contributed by atoms with Gasteiger partial charge in [-0.25, -0.2) is 4.98 Å². The van der Waals surface area contributed by atoms with Crippen LogP contribution in [0.4, 0.5) is 28.8 Å². The second-order valence-corrected chi connectivity index (χ2v) is 10.9. The first-order valence-electron chi connectivity index (χ1n) is 11.0. The van der Waals surface area contributed by atoms with Gasteiger partial charge in [0.25, 0.3) is 0 Å². The monoisotopic (exact) mass is 484 g/mol. The van der Waals surface area contributed by atoms with E-state index in [1.165, 1.54) is 5.30 Å². The van der Waals surface area contributed by atoms with Gasteiger partial charge in [-0.05, 0) is 49.7 Å². The molecule has 1 aliphatic rings. The molecule has 1 saturated heterocycles. The summed E-state index contributed by atoms with van der Waals surface area (Å²) in [7, 11) is 1.38. The van der Waals surface area contributed by atoms with Crippen molar-refractivity contribution in [3.05, 3.63) is 53.7 Å². The van der Waals surface area contributed by atoms with E-state index in [-0.39, 0.29) is 7.92 Å².